The maximum absolute atomic E-state index is 13.4. The second kappa shape index (κ2) is 9.70. The highest BCUT2D eigenvalue weighted by atomic mass is 19.1. The lowest BCUT2D eigenvalue weighted by Crippen LogP contribution is -2.48. The van der Waals surface area contributed by atoms with E-state index in [-0.39, 0.29) is 11.6 Å². The van der Waals surface area contributed by atoms with E-state index >= 15 is 0 Å². The lowest BCUT2D eigenvalue weighted by Gasteiger charge is -2.29. The number of carbonyl (C=O) groups excluding carboxylic acids is 3. The Labute approximate surface area is 151 Å². The van der Waals surface area contributed by atoms with Crippen molar-refractivity contribution in [2.75, 3.05) is 6.61 Å². The molecule has 1 aliphatic rings. The molecule has 1 aliphatic carbocycles. The van der Waals surface area contributed by atoms with Crippen LogP contribution in [0.3, 0.4) is 0 Å². The average Bonchev–Trinajstić information content (AvgIpc) is 2.61. The SMILES string of the molecule is C[C@@H]1CCCC[C@H]1NC(=O)NC(=O)COC(=O)/C=C/c1ccccc1F. The number of carbonyl (C=O) groups is 3. The monoisotopic (exact) mass is 362 g/mol. The van der Waals surface area contributed by atoms with E-state index in [1.54, 1.807) is 6.07 Å². The predicted octanol–water partition coefficient (Wildman–Crippen LogP) is 2.79. The van der Waals surface area contributed by atoms with Crippen LogP contribution in [0.2, 0.25) is 0 Å². The van der Waals surface area contributed by atoms with E-state index in [2.05, 4.69) is 17.6 Å². The van der Waals surface area contributed by atoms with E-state index in [9.17, 15) is 18.8 Å². The van der Waals surface area contributed by atoms with Crippen molar-refractivity contribution in [3.8, 4) is 0 Å². The quantitative estimate of drug-likeness (QED) is 0.623. The zero-order valence-corrected chi connectivity index (χ0v) is 14.7. The Kier molecular flexibility index (Phi) is 7.32. The van der Waals surface area contributed by atoms with Crippen molar-refractivity contribution in [2.45, 2.75) is 38.6 Å². The molecule has 7 heteroatoms. The van der Waals surface area contributed by atoms with Crippen LogP contribution >= 0.6 is 0 Å². The summed E-state index contributed by atoms with van der Waals surface area (Å²) in [6.45, 7) is 1.48. The molecule has 2 atom stereocenters. The Morgan fingerprint density at radius 3 is 2.69 bits per heavy atom. The molecule has 0 unspecified atom stereocenters. The zero-order valence-electron chi connectivity index (χ0n) is 14.7. The van der Waals surface area contributed by atoms with Crippen LogP contribution < -0.4 is 10.6 Å². The van der Waals surface area contributed by atoms with Gasteiger partial charge < -0.3 is 10.1 Å². The molecule has 1 fully saturated rings. The second-order valence-corrected chi connectivity index (χ2v) is 6.35. The highest BCUT2D eigenvalue weighted by molar-refractivity contribution is 5.96. The first-order valence-electron chi connectivity index (χ1n) is 8.65. The molecule has 6 nitrogen and oxygen atoms in total. The maximum atomic E-state index is 13.4. The number of rotatable bonds is 5. The van der Waals surface area contributed by atoms with Crippen LogP contribution in [0.1, 0.15) is 38.2 Å². The first-order valence-corrected chi connectivity index (χ1v) is 8.65. The minimum atomic E-state index is -0.801. The lowest BCUT2D eigenvalue weighted by molar-refractivity contribution is -0.143. The highest BCUT2D eigenvalue weighted by Gasteiger charge is 2.23. The topological polar surface area (TPSA) is 84.5 Å². The Morgan fingerprint density at radius 1 is 1.23 bits per heavy atom. The molecule has 140 valence electrons. The maximum Gasteiger partial charge on any atom is 0.331 e. The van der Waals surface area contributed by atoms with Crippen LogP contribution in [0.4, 0.5) is 9.18 Å². The Bertz CT molecular complexity index is 690. The van der Waals surface area contributed by atoms with Crippen molar-refractivity contribution in [3.63, 3.8) is 0 Å². The van der Waals surface area contributed by atoms with Gasteiger partial charge >= 0.3 is 12.0 Å². The number of amides is 3. The summed E-state index contributed by atoms with van der Waals surface area (Å²) in [6.07, 6.45) is 6.41. The van der Waals surface area contributed by atoms with E-state index in [1.165, 1.54) is 24.3 Å². The Balaban J connectivity index is 1.71. The number of esters is 1. The fourth-order valence-electron chi connectivity index (χ4n) is 2.85. The van der Waals surface area contributed by atoms with E-state index in [1.807, 2.05) is 0 Å². The van der Waals surface area contributed by atoms with Gasteiger partial charge in [-0.2, -0.15) is 0 Å². The molecule has 1 saturated carbocycles. The Morgan fingerprint density at radius 2 is 1.96 bits per heavy atom. The number of halogens is 1. The van der Waals surface area contributed by atoms with Crippen molar-refractivity contribution in [1.29, 1.82) is 0 Å². The molecule has 1 aromatic carbocycles. The van der Waals surface area contributed by atoms with E-state index in [4.69, 9.17) is 4.74 Å². The molecule has 0 spiro atoms. The molecule has 3 amide bonds. The summed E-state index contributed by atoms with van der Waals surface area (Å²) in [5.74, 6) is -1.63. The number of hydrogen-bond acceptors (Lipinski definition) is 4. The first-order chi connectivity index (χ1) is 12.5. The Hall–Kier alpha value is -2.70. The minimum absolute atomic E-state index is 0.0443. The standard InChI is InChI=1S/C19H23FN2O4/c1-13-6-2-5-9-16(13)21-19(25)22-17(23)12-26-18(24)11-10-14-7-3-4-8-15(14)20/h3-4,7-8,10-11,13,16H,2,5-6,9,12H2,1H3,(H2,21,22,23,25)/b11-10+/t13-,16-/m1/s1. The molecule has 0 saturated heterocycles. The summed E-state index contributed by atoms with van der Waals surface area (Å²) in [4.78, 5) is 35.1. The van der Waals surface area contributed by atoms with Crippen LogP contribution in [-0.4, -0.2) is 30.6 Å². The summed E-state index contributed by atoms with van der Waals surface area (Å²) in [6, 6.07) is 5.39. The van der Waals surface area contributed by atoms with Gasteiger partial charge in [0.2, 0.25) is 0 Å². The average molecular weight is 362 g/mol. The summed E-state index contributed by atoms with van der Waals surface area (Å²) >= 11 is 0. The molecular weight excluding hydrogens is 339 g/mol. The molecule has 0 heterocycles. The molecule has 0 bridgehead atoms. The summed E-state index contributed by atoms with van der Waals surface area (Å²) in [5.41, 5.74) is 0.231. The van der Waals surface area contributed by atoms with Gasteiger partial charge in [-0.05, 0) is 30.9 Å². The van der Waals surface area contributed by atoms with E-state index in [0.29, 0.717) is 5.92 Å². The molecule has 26 heavy (non-hydrogen) atoms. The van der Waals surface area contributed by atoms with Crippen LogP contribution in [0.5, 0.6) is 0 Å². The highest BCUT2D eigenvalue weighted by Crippen LogP contribution is 2.23. The van der Waals surface area contributed by atoms with Crippen LogP contribution in [0, 0.1) is 11.7 Å². The molecule has 1 aromatic rings. The van der Waals surface area contributed by atoms with Gasteiger partial charge in [-0.15, -0.1) is 0 Å². The minimum Gasteiger partial charge on any atom is -0.452 e. The number of imide groups is 1. The third kappa shape index (κ3) is 6.31. The zero-order chi connectivity index (χ0) is 18.9. The van der Waals surface area contributed by atoms with Crippen molar-refractivity contribution in [3.05, 3.63) is 41.7 Å². The van der Waals surface area contributed by atoms with Gasteiger partial charge in [0.05, 0.1) is 0 Å². The molecule has 0 radical (unpaired) electrons. The number of ether oxygens (including phenoxy) is 1. The number of nitrogens with one attached hydrogen (secondary N) is 2. The predicted molar refractivity (Wildman–Crippen MR) is 94.5 cm³/mol. The summed E-state index contributed by atoms with van der Waals surface area (Å²) in [5, 5.41) is 4.91. The molecular formula is C19H23FN2O4. The van der Waals surface area contributed by atoms with Crippen LogP contribution in [0.25, 0.3) is 6.08 Å². The van der Waals surface area contributed by atoms with Crippen molar-refractivity contribution in [2.24, 2.45) is 5.92 Å². The van der Waals surface area contributed by atoms with Crippen molar-refractivity contribution >= 4 is 24.0 Å². The largest absolute Gasteiger partial charge is 0.452 e. The van der Waals surface area contributed by atoms with E-state index < -0.39 is 30.3 Å². The van der Waals surface area contributed by atoms with Gasteiger partial charge in [0, 0.05) is 17.7 Å². The molecule has 0 aliphatic heterocycles. The smallest absolute Gasteiger partial charge is 0.331 e. The normalized spacial score (nSPS) is 19.8. The summed E-state index contributed by atoms with van der Waals surface area (Å²) < 4.78 is 18.1. The van der Waals surface area contributed by atoms with Gasteiger partial charge in [-0.1, -0.05) is 38.0 Å². The van der Waals surface area contributed by atoms with Crippen LogP contribution in [0.15, 0.2) is 30.3 Å². The number of urea groups is 1. The third-order valence-electron chi connectivity index (χ3n) is 4.33. The fraction of sp³-hybridized carbons (Fsp3) is 0.421. The third-order valence-corrected chi connectivity index (χ3v) is 4.33. The second-order valence-electron chi connectivity index (χ2n) is 6.35. The number of benzene rings is 1. The molecule has 2 rings (SSSR count). The molecule has 2 N–H and O–H groups in total. The van der Waals surface area contributed by atoms with Gasteiger partial charge in [-0.3, -0.25) is 10.1 Å². The van der Waals surface area contributed by atoms with Crippen molar-refractivity contribution < 1.29 is 23.5 Å². The van der Waals surface area contributed by atoms with Gasteiger partial charge in [0.15, 0.2) is 6.61 Å². The number of hydrogen-bond donors (Lipinski definition) is 2. The van der Waals surface area contributed by atoms with Gasteiger partial charge in [0.25, 0.3) is 5.91 Å². The van der Waals surface area contributed by atoms with Gasteiger partial charge in [-0.25, -0.2) is 14.0 Å². The van der Waals surface area contributed by atoms with E-state index in [0.717, 1.165) is 31.8 Å². The molecule has 0 aromatic heterocycles. The fourth-order valence-corrected chi connectivity index (χ4v) is 2.85. The van der Waals surface area contributed by atoms with Gasteiger partial charge in [0.1, 0.15) is 5.82 Å². The lowest BCUT2D eigenvalue weighted by atomic mass is 9.86. The van der Waals surface area contributed by atoms with Crippen molar-refractivity contribution in [1.82, 2.24) is 10.6 Å². The summed E-state index contributed by atoms with van der Waals surface area (Å²) in [7, 11) is 0. The first kappa shape index (κ1) is 19.6. The van der Waals surface area contributed by atoms with Crippen LogP contribution in [-0.2, 0) is 14.3 Å².